The number of aromatic nitrogens is 4. The predicted octanol–water partition coefficient (Wildman–Crippen LogP) is 1.67. The van der Waals surface area contributed by atoms with E-state index in [0.29, 0.717) is 32.0 Å². The van der Waals surface area contributed by atoms with E-state index in [-0.39, 0.29) is 11.5 Å². The number of amides is 1. The lowest BCUT2D eigenvalue weighted by Gasteiger charge is -2.36. The molecule has 7 nitrogen and oxygen atoms in total. The van der Waals surface area contributed by atoms with Crippen molar-refractivity contribution < 1.29 is 13.6 Å². The summed E-state index contributed by atoms with van der Waals surface area (Å²) in [6.45, 7) is 4.01. The van der Waals surface area contributed by atoms with Gasteiger partial charge in [0.25, 0.3) is 11.7 Å². The summed E-state index contributed by atoms with van der Waals surface area (Å²) >= 11 is 0. The molecule has 26 heavy (non-hydrogen) atoms. The van der Waals surface area contributed by atoms with Gasteiger partial charge in [0.15, 0.2) is 11.6 Å². The first kappa shape index (κ1) is 16.4. The van der Waals surface area contributed by atoms with Crippen LogP contribution in [0.25, 0.3) is 5.78 Å². The van der Waals surface area contributed by atoms with Crippen molar-refractivity contribution in [1.29, 1.82) is 0 Å². The van der Waals surface area contributed by atoms with Gasteiger partial charge in [0, 0.05) is 43.5 Å². The number of fused-ring (bicyclic) bond motifs is 1. The molecule has 0 saturated carbocycles. The maximum Gasteiger partial charge on any atom is 0.254 e. The summed E-state index contributed by atoms with van der Waals surface area (Å²) in [4.78, 5) is 24.7. The van der Waals surface area contributed by atoms with Gasteiger partial charge >= 0.3 is 0 Å². The number of rotatable bonds is 2. The van der Waals surface area contributed by atoms with Gasteiger partial charge < -0.3 is 9.80 Å². The van der Waals surface area contributed by atoms with Crippen molar-refractivity contribution in [2.75, 3.05) is 31.1 Å². The molecule has 0 aliphatic carbocycles. The molecule has 3 aromatic rings. The summed E-state index contributed by atoms with van der Waals surface area (Å²) in [5, 5.41) is 4.20. The monoisotopic (exact) mass is 358 g/mol. The fourth-order valence-corrected chi connectivity index (χ4v) is 3.09. The Balaban J connectivity index is 1.51. The molecule has 2 aromatic heterocycles. The van der Waals surface area contributed by atoms with Crippen molar-refractivity contribution in [3.8, 4) is 0 Å². The number of benzene rings is 1. The summed E-state index contributed by atoms with van der Waals surface area (Å²) in [5.41, 5.74) is 0.983. The molecule has 0 atom stereocenters. The molecule has 1 amide bonds. The van der Waals surface area contributed by atoms with Gasteiger partial charge in [0.05, 0.1) is 0 Å². The molecule has 0 bridgehead atoms. The van der Waals surface area contributed by atoms with Crippen LogP contribution in [0.2, 0.25) is 0 Å². The Hall–Kier alpha value is -3.10. The molecule has 1 fully saturated rings. The Morgan fingerprint density at radius 3 is 2.58 bits per heavy atom. The summed E-state index contributed by atoms with van der Waals surface area (Å²) in [6, 6.07) is 5.14. The third-order valence-corrected chi connectivity index (χ3v) is 4.42. The van der Waals surface area contributed by atoms with Crippen molar-refractivity contribution in [3.05, 3.63) is 53.5 Å². The minimum Gasteiger partial charge on any atom is -0.353 e. The molecule has 0 radical (unpaired) electrons. The van der Waals surface area contributed by atoms with Crippen LogP contribution >= 0.6 is 0 Å². The molecule has 0 spiro atoms. The summed E-state index contributed by atoms with van der Waals surface area (Å²) in [5.74, 6) is -0.892. The first-order chi connectivity index (χ1) is 12.5. The second-order valence-corrected chi connectivity index (χ2v) is 6.14. The number of halogens is 2. The SMILES string of the molecule is Cc1cc(N2CCN(C(=O)c3ccc(F)c(F)c3)CC2)n2ncnc2n1. The largest absolute Gasteiger partial charge is 0.353 e. The zero-order chi connectivity index (χ0) is 18.3. The van der Waals surface area contributed by atoms with Crippen molar-refractivity contribution in [2.24, 2.45) is 0 Å². The number of aryl methyl sites for hydroxylation is 1. The Labute approximate surface area is 147 Å². The van der Waals surface area contributed by atoms with Gasteiger partial charge in [-0.2, -0.15) is 14.6 Å². The molecular formula is C17H16F2N6O. The van der Waals surface area contributed by atoms with Crippen molar-refractivity contribution in [1.82, 2.24) is 24.5 Å². The fraction of sp³-hybridized carbons (Fsp3) is 0.294. The van der Waals surface area contributed by atoms with Gasteiger partial charge in [0.2, 0.25) is 0 Å². The molecule has 1 aliphatic rings. The molecule has 134 valence electrons. The minimum atomic E-state index is -1.02. The molecule has 3 heterocycles. The Morgan fingerprint density at radius 1 is 1.08 bits per heavy atom. The topological polar surface area (TPSA) is 66.6 Å². The molecule has 1 aromatic carbocycles. The van der Waals surface area contributed by atoms with E-state index < -0.39 is 11.6 Å². The van der Waals surface area contributed by atoms with Gasteiger partial charge in [-0.15, -0.1) is 0 Å². The van der Waals surface area contributed by atoms with Gasteiger partial charge in [0.1, 0.15) is 12.1 Å². The fourth-order valence-electron chi connectivity index (χ4n) is 3.09. The van der Waals surface area contributed by atoms with Crippen molar-refractivity contribution >= 4 is 17.5 Å². The van der Waals surface area contributed by atoms with Crippen LogP contribution in [0.4, 0.5) is 14.6 Å². The normalized spacial score (nSPS) is 14.9. The predicted molar refractivity (Wildman–Crippen MR) is 90.0 cm³/mol. The van der Waals surface area contributed by atoms with Gasteiger partial charge in [-0.25, -0.2) is 13.8 Å². The number of anilines is 1. The molecule has 9 heteroatoms. The lowest BCUT2D eigenvalue weighted by Crippen LogP contribution is -2.49. The van der Waals surface area contributed by atoms with Crippen LogP contribution < -0.4 is 4.90 Å². The highest BCUT2D eigenvalue weighted by atomic mass is 19.2. The van der Waals surface area contributed by atoms with Crippen LogP contribution in [0.3, 0.4) is 0 Å². The average molecular weight is 358 g/mol. The van der Waals surface area contributed by atoms with Crippen LogP contribution in [-0.4, -0.2) is 56.6 Å². The number of carbonyl (C=O) groups excluding carboxylic acids is 1. The van der Waals surface area contributed by atoms with Crippen LogP contribution in [-0.2, 0) is 0 Å². The minimum absolute atomic E-state index is 0.149. The second kappa shape index (κ2) is 6.32. The van der Waals surface area contributed by atoms with E-state index in [1.807, 2.05) is 13.0 Å². The van der Waals surface area contributed by atoms with Crippen molar-refractivity contribution in [3.63, 3.8) is 0 Å². The van der Waals surface area contributed by atoms with Crippen LogP contribution in [0.1, 0.15) is 16.1 Å². The van der Waals surface area contributed by atoms with Gasteiger partial charge in [-0.1, -0.05) is 0 Å². The highest BCUT2D eigenvalue weighted by Gasteiger charge is 2.24. The summed E-state index contributed by atoms with van der Waals surface area (Å²) < 4.78 is 28.1. The van der Waals surface area contributed by atoms with E-state index in [9.17, 15) is 13.6 Å². The van der Waals surface area contributed by atoms with E-state index in [1.54, 1.807) is 9.42 Å². The Morgan fingerprint density at radius 2 is 1.85 bits per heavy atom. The smallest absolute Gasteiger partial charge is 0.254 e. The standard InChI is InChI=1S/C17H16F2N6O/c1-11-8-15(25-17(22-11)20-10-21-25)23-4-6-24(7-5-23)16(26)12-2-3-13(18)14(19)9-12/h2-3,8-10H,4-7H2,1H3. The van der Waals surface area contributed by atoms with Crippen LogP contribution in [0, 0.1) is 18.6 Å². The van der Waals surface area contributed by atoms with E-state index in [0.717, 1.165) is 23.6 Å². The molecular weight excluding hydrogens is 342 g/mol. The first-order valence-corrected chi connectivity index (χ1v) is 8.19. The van der Waals surface area contributed by atoms with Crippen LogP contribution in [0.5, 0.6) is 0 Å². The summed E-state index contributed by atoms with van der Waals surface area (Å²) in [6.07, 6.45) is 1.45. The van der Waals surface area contributed by atoms with Gasteiger partial charge in [-0.05, 0) is 25.1 Å². The first-order valence-electron chi connectivity index (χ1n) is 8.19. The van der Waals surface area contributed by atoms with E-state index in [1.165, 1.54) is 12.4 Å². The quantitative estimate of drug-likeness (QED) is 0.697. The molecule has 0 unspecified atom stereocenters. The molecule has 1 saturated heterocycles. The third kappa shape index (κ3) is 2.85. The highest BCUT2D eigenvalue weighted by molar-refractivity contribution is 5.94. The second-order valence-electron chi connectivity index (χ2n) is 6.14. The zero-order valence-corrected chi connectivity index (χ0v) is 14.1. The van der Waals surface area contributed by atoms with E-state index in [4.69, 9.17) is 0 Å². The zero-order valence-electron chi connectivity index (χ0n) is 14.1. The number of piperazine rings is 1. The van der Waals surface area contributed by atoms with Crippen molar-refractivity contribution in [2.45, 2.75) is 6.92 Å². The number of hydrogen-bond acceptors (Lipinski definition) is 5. The van der Waals surface area contributed by atoms with Crippen LogP contribution in [0.15, 0.2) is 30.6 Å². The lowest BCUT2D eigenvalue weighted by atomic mass is 10.1. The van der Waals surface area contributed by atoms with Gasteiger partial charge in [-0.3, -0.25) is 4.79 Å². The Kier molecular flexibility index (Phi) is 3.98. The van der Waals surface area contributed by atoms with E-state index >= 15 is 0 Å². The number of carbonyl (C=O) groups is 1. The average Bonchev–Trinajstić information content (AvgIpc) is 3.11. The Bertz CT molecular complexity index is 981. The maximum atomic E-state index is 13.4. The summed E-state index contributed by atoms with van der Waals surface area (Å²) in [7, 11) is 0. The molecule has 1 aliphatic heterocycles. The van der Waals surface area contributed by atoms with E-state index in [2.05, 4.69) is 20.0 Å². The maximum absolute atomic E-state index is 13.4. The molecule has 0 N–H and O–H groups in total. The number of hydrogen-bond donors (Lipinski definition) is 0. The molecule has 4 rings (SSSR count). The lowest BCUT2D eigenvalue weighted by molar-refractivity contribution is 0.0745. The highest BCUT2D eigenvalue weighted by Crippen LogP contribution is 2.19. The third-order valence-electron chi connectivity index (χ3n) is 4.42. The number of nitrogens with zero attached hydrogens (tertiary/aromatic N) is 6.